The molecule has 0 aromatic carbocycles. The normalized spacial score (nSPS) is 33.0. The number of methoxy groups -OCH3 is 1. The molecule has 1 fully saturated rings. The lowest BCUT2D eigenvalue weighted by Crippen LogP contribution is -2.50. The van der Waals surface area contributed by atoms with Crippen LogP contribution in [0.1, 0.15) is 32.6 Å². The molecule has 78 valence electrons. The fraction of sp³-hybridized carbons (Fsp3) is 1.00. The van der Waals surface area contributed by atoms with Crippen molar-refractivity contribution in [2.45, 2.75) is 50.2 Å². The largest absolute Gasteiger partial charge is 0.377 e. The fourth-order valence-electron chi connectivity index (χ4n) is 1.58. The number of hydrogen-bond acceptors (Lipinski definition) is 2. The molecular formula is C10H19ClO2. The Morgan fingerprint density at radius 3 is 2.69 bits per heavy atom. The van der Waals surface area contributed by atoms with E-state index in [0.29, 0.717) is 0 Å². The molecular weight excluding hydrogens is 188 g/mol. The number of alkyl halides is 1. The zero-order chi connectivity index (χ0) is 9.68. The summed E-state index contributed by atoms with van der Waals surface area (Å²) in [5.41, 5.74) is 0. The predicted molar refractivity (Wildman–Crippen MR) is 54.3 cm³/mol. The molecule has 1 rings (SSSR count). The van der Waals surface area contributed by atoms with Crippen LogP contribution in [0.4, 0.5) is 0 Å². The van der Waals surface area contributed by atoms with Gasteiger partial charge in [0, 0.05) is 13.7 Å². The zero-order valence-electron chi connectivity index (χ0n) is 8.46. The van der Waals surface area contributed by atoms with Gasteiger partial charge in [-0.2, -0.15) is 0 Å². The smallest absolute Gasteiger partial charge is 0.0997 e. The highest BCUT2D eigenvalue weighted by molar-refractivity contribution is 6.21. The Kier molecular flexibility index (Phi) is 5.07. The Bertz CT molecular complexity index is 141. The fourth-order valence-corrected chi connectivity index (χ4v) is 2.02. The van der Waals surface area contributed by atoms with Crippen LogP contribution in [0.5, 0.6) is 0 Å². The van der Waals surface area contributed by atoms with Crippen molar-refractivity contribution in [3.8, 4) is 0 Å². The highest BCUT2D eigenvalue weighted by atomic mass is 35.5. The Morgan fingerprint density at radius 2 is 2.15 bits per heavy atom. The maximum Gasteiger partial charge on any atom is 0.0997 e. The van der Waals surface area contributed by atoms with Crippen LogP contribution in [-0.4, -0.2) is 31.3 Å². The van der Waals surface area contributed by atoms with Gasteiger partial charge in [0.25, 0.3) is 0 Å². The molecule has 0 N–H and O–H groups in total. The van der Waals surface area contributed by atoms with E-state index in [1.165, 1.54) is 12.8 Å². The molecule has 0 heterocycles. The summed E-state index contributed by atoms with van der Waals surface area (Å²) in [6.07, 6.45) is 4.92. The van der Waals surface area contributed by atoms with Crippen LogP contribution in [0.2, 0.25) is 0 Å². The summed E-state index contributed by atoms with van der Waals surface area (Å²) in [6.45, 7) is 3.04. The van der Waals surface area contributed by atoms with Crippen LogP contribution in [0.3, 0.4) is 0 Å². The average molecular weight is 207 g/mol. The van der Waals surface area contributed by atoms with E-state index in [1.807, 2.05) is 0 Å². The minimum Gasteiger partial charge on any atom is -0.377 e. The molecule has 3 heteroatoms. The van der Waals surface area contributed by atoms with Crippen LogP contribution in [0.25, 0.3) is 0 Å². The van der Waals surface area contributed by atoms with Gasteiger partial charge in [-0.3, -0.25) is 0 Å². The van der Waals surface area contributed by atoms with Gasteiger partial charge in [0.15, 0.2) is 0 Å². The average Bonchev–Trinajstić information content (AvgIpc) is 2.11. The van der Waals surface area contributed by atoms with E-state index < -0.39 is 0 Å². The van der Waals surface area contributed by atoms with Gasteiger partial charge in [-0.15, -0.1) is 11.6 Å². The van der Waals surface area contributed by atoms with Crippen molar-refractivity contribution in [3.05, 3.63) is 0 Å². The molecule has 13 heavy (non-hydrogen) atoms. The van der Waals surface area contributed by atoms with Crippen molar-refractivity contribution in [3.63, 3.8) is 0 Å². The van der Waals surface area contributed by atoms with Gasteiger partial charge >= 0.3 is 0 Å². The minimum absolute atomic E-state index is 0.114. The third-order valence-electron chi connectivity index (χ3n) is 2.53. The Balaban J connectivity index is 2.03. The molecule has 0 aromatic rings. The van der Waals surface area contributed by atoms with E-state index in [2.05, 4.69) is 6.92 Å². The van der Waals surface area contributed by atoms with Crippen LogP contribution in [-0.2, 0) is 9.47 Å². The first-order chi connectivity index (χ1) is 6.29. The number of unbranched alkanes of at least 4 members (excludes halogenated alkanes) is 2. The molecule has 0 aliphatic heterocycles. The van der Waals surface area contributed by atoms with Crippen LogP contribution < -0.4 is 0 Å². The van der Waals surface area contributed by atoms with Crippen LogP contribution in [0, 0.1) is 0 Å². The first-order valence-electron chi connectivity index (χ1n) is 5.08. The van der Waals surface area contributed by atoms with E-state index in [9.17, 15) is 0 Å². The summed E-state index contributed by atoms with van der Waals surface area (Å²) < 4.78 is 10.9. The van der Waals surface area contributed by atoms with Crippen LogP contribution >= 0.6 is 11.6 Å². The summed E-state index contributed by atoms with van der Waals surface area (Å²) in [4.78, 5) is 0. The first-order valence-corrected chi connectivity index (χ1v) is 5.51. The molecule has 1 aliphatic carbocycles. The van der Waals surface area contributed by atoms with E-state index in [1.54, 1.807) is 7.11 Å². The lowest BCUT2D eigenvalue weighted by atomic mass is 9.91. The van der Waals surface area contributed by atoms with E-state index in [0.717, 1.165) is 19.4 Å². The van der Waals surface area contributed by atoms with Crippen molar-refractivity contribution in [1.82, 2.24) is 0 Å². The van der Waals surface area contributed by atoms with E-state index in [-0.39, 0.29) is 17.6 Å². The summed E-state index contributed by atoms with van der Waals surface area (Å²) >= 11 is 5.94. The van der Waals surface area contributed by atoms with Gasteiger partial charge in [-0.05, 0) is 12.8 Å². The maximum absolute atomic E-state index is 5.94. The summed E-state index contributed by atoms with van der Waals surface area (Å²) in [6, 6.07) is 0. The summed E-state index contributed by atoms with van der Waals surface area (Å²) in [5, 5.41) is 0.154. The summed E-state index contributed by atoms with van der Waals surface area (Å²) in [5.74, 6) is 0. The molecule has 0 radical (unpaired) electrons. The van der Waals surface area contributed by atoms with Crippen LogP contribution in [0.15, 0.2) is 0 Å². The highest BCUT2D eigenvalue weighted by Crippen LogP contribution is 2.31. The first kappa shape index (κ1) is 11.3. The van der Waals surface area contributed by atoms with Gasteiger partial charge in [0.2, 0.25) is 0 Å². The lowest BCUT2D eigenvalue weighted by Gasteiger charge is -2.39. The van der Waals surface area contributed by atoms with Gasteiger partial charge in [0.05, 0.1) is 17.6 Å². The molecule has 0 bridgehead atoms. The predicted octanol–water partition coefficient (Wildman–Crippen LogP) is 2.59. The van der Waals surface area contributed by atoms with Crippen molar-refractivity contribution in [2.24, 2.45) is 0 Å². The second-order valence-corrected chi connectivity index (χ2v) is 4.13. The van der Waals surface area contributed by atoms with Crippen molar-refractivity contribution >= 4 is 11.6 Å². The number of hydrogen-bond donors (Lipinski definition) is 0. The van der Waals surface area contributed by atoms with E-state index in [4.69, 9.17) is 21.1 Å². The minimum atomic E-state index is 0.114. The Morgan fingerprint density at radius 1 is 1.38 bits per heavy atom. The third-order valence-corrected chi connectivity index (χ3v) is 2.96. The molecule has 1 aliphatic rings. The highest BCUT2D eigenvalue weighted by Gasteiger charge is 2.40. The molecule has 0 saturated heterocycles. The van der Waals surface area contributed by atoms with Gasteiger partial charge in [-0.1, -0.05) is 19.8 Å². The summed E-state index contributed by atoms with van der Waals surface area (Å²) in [7, 11) is 1.70. The molecule has 1 saturated carbocycles. The standard InChI is InChI=1S/C10H19ClO2/c1-3-4-5-6-13-9-7-8(11)10(9)12-2/h8-10H,3-7H2,1-2H3. The molecule has 2 nitrogen and oxygen atoms in total. The van der Waals surface area contributed by atoms with Crippen molar-refractivity contribution in [1.29, 1.82) is 0 Å². The number of rotatable bonds is 6. The van der Waals surface area contributed by atoms with E-state index >= 15 is 0 Å². The van der Waals surface area contributed by atoms with Gasteiger partial charge in [-0.25, -0.2) is 0 Å². The lowest BCUT2D eigenvalue weighted by molar-refractivity contribution is -0.110. The SMILES string of the molecule is CCCCCOC1CC(Cl)C1OC. The number of ether oxygens (including phenoxy) is 2. The molecule has 0 spiro atoms. The second-order valence-electron chi connectivity index (χ2n) is 3.57. The Hall–Kier alpha value is 0.210. The van der Waals surface area contributed by atoms with Crippen molar-refractivity contribution < 1.29 is 9.47 Å². The number of halogens is 1. The quantitative estimate of drug-likeness (QED) is 0.491. The molecule has 3 unspecified atom stereocenters. The zero-order valence-corrected chi connectivity index (χ0v) is 9.22. The monoisotopic (exact) mass is 206 g/mol. The maximum atomic E-state index is 5.94. The van der Waals surface area contributed by atoms with Crippen molar-refractivity contribution in [2.75, 3.05) is 13.7 Å². The van der Waals surface area contributed by atoms with Gasteiger partial charge in [0.1, 0.15) is 0 Å². The molecule has 0 amide bonds. The topological polar surface area (TPSA) is 18.5 Å². The molecule has 3 atom stereocenters. The third kappa shape index (κ3) is 3.12. The molecule has 0 aromatic heterocycles. The van der Waals surface area contributed by atoms with Gasteiger partial charge < -0.3 is 9.47 Å². The second kappa shape index (κ2) is 5.84. The Labute approximate surface area is 85.5 Å².